The number of carbonyl (C=O) groups is 3. The standard InChI is InChI=1S/C16H9ClF3N3O3/c17-11-4-8(16(18,19)20)7-21-14(11)23-3-1-2-9(23)5-10-12(24)6-13(25)22-15(10)26/h1-5,7H,6H2,(H,22,25,26)/b10-5-. The molecule has 0 radical (unpaired) electrons. The number of hydrogen-bond donors (Lipinski definition) is 1. The molecule has 1 fully saturated rings. The monoisotopic (exact) mass is 383 g/mol. The molecule has 134 valence electrons. The summed E-state index contributed by atoms with van der Waals surface area (Å²) in [7, 11) is 0. The van der Waals surface area contributed by atoms with E-state index in [2.05, 4.69) is 4.98 Å². The van der Waals surface area contributed by atoms with Gasteiger partial charge >= 0.3 is 6.18 Å². The second kappa shape index (κ2) is 6.41. The molecule has 2 aromatic heterocycles. The number of nitrogens with zero attached hydrogens (tertiary/aromatic N) is 2. The average molecular weight is 384 g/mol. The summed E-state index contributed by atoms with van der Waals surface area (Å²) < 4.78 is 39.5. The molecule has 26 heavy (non-hydrogen) atoms. The summed E-state index contributed by atoms with van der Waals surface area (Å²) >= 11 is 5.92. The number of pyridine rings is 1. The zero-order valence-corrected chi connectivity index (χ0v) is 13.6. The van der Waals surface area contributed by atoms with Crippen molar-refractivity contribution in [3.05, 3.63) is 52.4 Å². The number of piperidine rings is 1. The predicted octanol–water partition coefficient (Wildman–Crippen LogP) is 2.54. The fraction of sp³-hybridized carbons (Fsp3) is 0.125. The number of imide groups is 1. The summed E-state index contributed by atoms with van der Waals surface area (Å²) in [4.78, 5) is 38.6. The van der Waals surface area contributed by atoms with Crippen molar-refractivity contribution in [2.45, 2.75) is 12.6 Å². The van der Waals surface area contributed by atoms with Gasteiger partial charge < -0.3 is 4.57 Å². The molecule has 10 heteroatoms. The van der Waals surface area contributed by atoms with E-state index >= 15 is 0 Å². The largest absolute Gasteiger partial charge is 0.417 e. The summed E-state index contributed by atoms with van der Waals surface area (Å²) in [5.74, 6) is -2.19. The number of hydrogen-bond acceptors (Lipinski definition) is 4. The van der Waals surface area contributed by atoms with Gasteiger partial charge in [-0.1, -0.05) is 11.6 Å². The smallest absolute Gasteiger partial charge is 0.301 e. The van der Waals surface area contributed by atoms with Crippen molar-refractivity contribution in [2.75, 3.05) is 0 Å². The van der Waals surface area contributed by atoms with Crippen LogP contribution >= 0.6 is 11.6 Å². The molecule has 1 aliphatic rings. The maximum atomic E-state index is 12.7. The van der Waals surface area contributed by atoms with Gasteiger partial charge in [0.1, 0.15) is 0 Å². The molecule has 1 N–H and O–H groups in total. The van der Waals surface area contributed by atoms with Crippen LogP contribution in [0.5, 0.6) is 0 Å². The van der Waals surface area contributed by atoms with Gasteiger partial charge in [-0.25, -0.2) is 4.98 Å². The fourth-order valence-corrected chi connectivity index (χ4v) is 2.62. The van der Waals surface area contributed by atoms with E-state index in [-0.39, 0.29) is 22.1 Å². The molecule has 1 saturated heterocycles. The van der Waals surface area contributed by atoms with Gasteiger partial charge in [0.05, 0.1) is 22.6 Å². The molecular weight excluding hydrogens is 375 g/mol. The van der Waals surface area contributed by atoms with Gasteiger partial charge in [-0.15, -0.1) is 0 Å². The van der Waals surface area contributed by atoms with E-state index in [0.717, 1.165) is 6.07 Å². The first-order valence-electron chi connectivity index (χ1n) is 7.16. The van der Waals surface area contributed by atoms with Crippen LogP contribution in [0.15, 0.2) is 36.2 Å². The van der Waals surface area contributed by atoms with Gasteiger partial charge in [-0.2, -0.15) is 13.2 Å². The van der Waals surface area contributed by atoms with Crippen LogP contribution in [0.2, 0.25) is 5.02 Å². The van der Waals surface area contributed by atoms with Gasteiger partial charge in [-0.05, 0) is 24.3 Å². The van der Waals surface area contributed by atoms with Gasteiger partial charge in [0.2, 0.25) is 5.91 Å². The van der Waals surface area contributed by atoms with Crippen LogP contribution in [-0.4, -0.2) is 27.1 Å². The highest BCUT2D eigenvalue weighted by Crippen LogP contribution is 2.32. The van der Waals surface area contributed by atoms with E-state index in [9.17, 15) is 27.6 Å². The highest BCUT2D eigenvalue weighted by atomic mass is 35.5. The van der Waals surface area contributed by atoms with E-state index in [4.69, 9.17) is 11.6 Å². The van der Waals surface area contributed by atoms with E-state index in [1.807, 2.05) is 5.32 Å². The minimum atomic E-state index is -4.59. The zero-order chi connectivity index (χ0) is 19.1. The summed E-state index contributed by atoms with van der Waals surface area (Å²) in [6.07, 6.45) is -1.73. The Hall–Kier alpha value is -2.94. The third-order valence-corrected chi connectivity index (χ3v) is 3.85. The molecule has 0 spiro atoms. The number of Topliss-reactive ketones (excluding diaryl/α,β-unsaturated/α-hetero) is 1. The minimum Gasteiger partial charge on any atom is -0.301 e. The van der Waals surface area contributed by atoms with Crippen molar-refractivity contribution in [3.63, 3.8) is 0 Å². The highest BCUT2D eigenvalue weighted by molar-refractivity contribution is 6.33. The van der Waals surface area contributed by atoms with Crippen LogP contribution < -0.4 is 5.32 Å². The van der Waals surface area contributed by atoms with Crippen molar-refractivity contribution >= 4 is 35.3 Å². The van der Waals surface area contributed by atoms with E-state index < -0.39 is 35.8 Å². The lowest BCUT2D eigenvalue weighted by atomic mass is 10.0. The number of carbonyl (C=O) groups excluding carboxylic acids is 3. The van der Waals surface area contributed by atoms with E-state index in [1.54, 1.807) is 6.07 Å². The molecule has 0 saturated carbocycles. The molecule has 0 bridgehead atoms. The summed E-state index contributed by atoms with van der Waals surface area (Å²) in [6.45, 7) is 0. The number of nitrogens with one attached hydrogen (secondary N) is 1. The first-order chi connectivity index (χ1) is 12.2. The van der Waals surface area contributed by atoms with Gasteiger partial charge in [-0.3, -0.25) is 19.7 Å². The Kier molecular flexibility index (Phi) is 4.41. The number of aromatic nitrogens is 2. The number of ketones is 1. The van der Waals surface area contributed by atoms with Crippen molar-refractivity contribution in [1.82, 2.24) is 14.9 Å². The topological polar surface area (TPSA) is 81.1 Å². The Balaban J connectivity index is 2.02. The highest BCUT2D eigenvalue weighted by Gasteiger charge is 2.32. The normalized spacial score (nSPS) is 16.9. The van der Waals surface area contributed by atoms with Crippen molar-refractivity contribution in [1.29, 1.82) is 0 Å². The van der Waals surface area contributed by atoms with Gasteiger partial charge in [0, 0.05) is 18.1 Å². The SMILES string of the molecule is O=C1CC(=O)/C(=C/c2cccn2-c2ncc(C(F)(F)F)cc2Cl)C(=O)N1. The number of alkyl halides is 3. The second-order valence-electron chi connectivity index (χ2n) is 5.37. The third kappa shape index (κ3) is 3.38. The van der Waals surface area contributed by atoms with Crippen LogP contribution in [0.25, 0.3) is 11.9 Å². The molecule has 2 amide bonds. The Morgan fingerprint density at radius 3 is 2.62 bits per heavy atom. The lowest BCUT2D eigenvalue weighted by Crippen LogP contribution is -2.40. The average Bonchev–Trinajstić information content (AvgIpc) is 2.97. The number of amides is 2. The fourth-order valence-electron chi connectivity index (χ4n) is 2.37. The van der Waals surface area contributed by atoms with Crippen LogP contribution in [0.4, 0.5) is 13.2 Å². The Morgan fingerprint density at radius 1 is 1.27 bits per heavy atom. The predicted molar refractivity (Wildman–Crippen MR) is 84.3 cm³/mol. The first-order valence-corrected chi connectivity index (χ1v) is 7.54. The Morgan fingerprint density at radius 2 is 2.00 bits per heavy atom. The van der Waals surface area contributed by atoms with Crippen molar-refractivity contribution < 1.29 is 27.6 Å². The molecule has 3 rings (SSSR count). The maximum Gasteiger partial charge on any atom is 0.417 e. The molecule has 6 nitrogen and oxygen atoms in total. The molecular formula is C16H9ClF3N3O3. The zero-order valence-electron chi connectivity index (χ0n) is 12.8. The Labute approximate surface area is 149 Å². The van der Waals surface area contributed by atoms with Crippen molar-refractivity contribution in [3.8, 4) is 5.82 Å². The van der Waals surface area contributed by atoms with Gasteiger partial charge in [0.15, 0.2) is 11.6 Å². The quantitative estimate of drug-likeness (QED) is 0.374. The van der Waals surface area contributed by atoms with Gasteiger partial charge in [0.25, 0.3) is 5.91 Å². The lowest BCUT2D eigenvalue weighted by Gasteiger charge is -2.14. The summed E-state index contributed by atoms with van der Waals surface area (Å²) in [5.41, 5.74) is -0.960. The third-order valence-electron chi connectivity index (χ3n) is 3.57. The second-order valence-corrected chi connectivity index (χ2v) is 5.77. The van der Waals surface area contributed by atoms with Crippen LogP contribution in [0.1, 0.15) is 17.7 Å². The molecule has 0 unspecified atom stereocenters. The minimum absolute atomic E-state index is 0.00346. The molecule has 0 aromatic carbocycles. The molecule has 2 aromatic rings. The first kappa shape index (κ1) is 17.9. The van der Waals surface area contributed by atoms with Crippen LogP contribution in [0, 0.1) is 0 Å². The summed E-state index contributed by atoms with van der Waals surface area (Å²) in [5, 5.41) is 1.76. The Bertz CT molecular complexity index is 941. The number of rotatable bonds is 2. The molecule has 1 aliphatic heterocycles. The molecule has 0 atom stereocenters. The molecule has 3 heterocycles. The van der Waals surface area contributed by atoms with Crippen LogP contribution in [0.3, 0.4) is 0 Å². The van der Waals surface area contributed by atoms with E-state index in [0.29, 0.717) is 6.20 Å². The maximum absolute atomic E-state index is 12.7. The molecule has 0 aliphatic carbocycles. The van der Waals surface area contributed by atoms with Crippen molar-refractivity contribution in [2.24, 2.45) is 0 Å². The summed E-state index contributed by atoms with van der Waals surface area (Å²) in [6, 6.07) is 3.79. The lowest BCUT2D eigenvalue weighted by molar-refractivity contribution is -0.138. The van der Waals surface area contributed by atoms with E-state index in [1.165, 1.54) is 22.9 Å². The van der Waals surface area contributed by atoms with Crippen LogP contribution in [-0.2, 0) is 20.6 Å². The number of halogens is 4.